The first-order chi connectivity index (χ1) is 11.0. The minimum atomic E-state index is -0.508. The van der Waals surface area contributed by atoms with Gasteiger partial charge in [0.15, 0.2) is 0 Å². The number of nitrogens with zero attached hydrogens (tertiary/aromatic N) is 2. The van der Waals surface area contributed by atoms with Gasteiger partial charge in [0.2, 0.25) is 5.91 Å². The molecule has 2 aliphatic rings. The third-order valence-corrected chi connectivity index (χ3v) is 5.39. The van der Waals surface area contributed by atoms with Crippen molar-refractivity contribution in [3.05, 3.63) is 0 Å². The van der Waals surface area contributed by atoms with Crippen molar-refractivity contribution in [3.63, 3.8) is 0 Å². The predicted molar refractivity (Wildman–Crippen MR) is 93.7 cm³/mol. The van der Waals surface area contributed by atoms with Gasteiger partial charge in [0.05, 0.1) is 0 Å². The summed E-state index contributed by atoms with van der Waals surface area (Å²) >= 11 is 0. The Morgan fingerprint density at radius 3 is 2.21 bits per heavy atom. The van der Waals surface area contributed by atoms with Crippen LogP contribution >= 0.6 is 0 Å². The van der Waals surface area contributed by atoms with Gasteiger partial charge in [-0.05, 0) is 39.2 Å². The van der Waals surface area contributed by atoms with Gasteiger partial charge in [-0.25, -0.2) is 4.79 Å². The number of hydrogen-bond acceptors (Lipinski definition) is 4. The first-order valence-electron chi connectivity index (χ1n) is 9.05. The summed E-state index contributed by atoms with van der Waals surface area (Å²) in [5, 5.41) is 2.93. The second-order valence-electron chi connectivity index (χ2n) is 8.57. The Morgan fingerprint density at radius 2 is 1.75 bits per heavy atom. The zero-order valence-corrected chi connectivity index (χ0v) is 16.0. The van der Waals surface area contributed by atoms with Gasteiger partial charge in [0.25, 0.3) is 0 Å². The summed E-state index contributed by atoms with van der Waals surface area (Å²) < 4.78 is 5.32. The molecule has 138 valence electrons. The van der Waals surface area contributed by atoms with Crippen LogP contribution in [-0.4, -0.2) is 66.2 Å². The molecule has 1 saturated carbocycles. The fraction of sp³-hybridized carbons (Fsp3) is 0.889. The van der Waals surface area contributed by atoms with E-state index in [1.807, 2.05) is 25.7 Å². The zero-order valence-electron chi connectivity index (χ0n) is 16.0. The van der Waals surface area contributed by atoms with Crippen LogP contribution in [0.15, 0.2) is 0 Å². The van der Waals surface area contributed by atoms with Crippen molar-refractivity contribution >= 4 is 12.0 Å². The van der Waals surface area contributed by atoms with Crippen molar-refractivity contribution in [2.24, 2.45) is 11.3 Å². The lowest BCUT2D eigenvalue weighted by atomic mass is 9.58. The van der Waals surface area contributed by atoms with Crippen molar-refractivity contribution in [3.8, 4) is 0 Å². The molecule has 1 unspecified atom stereocenters. The van der Waals surface area contributed by atoms with Gasteiger partial charge in [-0.1, -0.05) is 20.8 Å². The number of ether oxygens (including phenoxy) is 1. The van der Waals surface area contributed by atoms with Crippen molar-refractivity contribution < 1.29 is 14.3 Å². The van der Waals surface area contributed by atoms with Crippen LogP contribution in [0.5, 0.6) is 0 Å². The summed E-state index contributed by atoms with van der Waals surface area (Å²) in [4.78, 5) is 29.1. The van der Waals surface area contributed by atoms with E-state index in [0.717, 1.165) is 32.7 Å². The zero-order chi connectivity index (χ0) is 18.1. The molecule has 24 heavy (non-hydrogen) atoms. The largest absolute Gasteiger partial charge is 0.444 e. The van der Waals surface area contributed by atoms with E-state index in [0.29, 0.717) is 6.42 Å². The van der Waals surface area contributed by atoms with Crippen molar-refractivity contribution in [2.45, 2.75) is 59.6 Å². The summed E-state index contributed by atoms with van der Waals surface area (Å²) in [5.74, 6) is 0.212. The lowest BCUT2D eigenvalue weighted by molar-refractivity contribution is -0.150. The van der Waals surface area contributed by atoms with Crippen LogP contribution in [0.25, 0.3) is 0 Å². The Kier molecular flexibility index (Phi) is 5.47. The van der Waals surface area contributed by atoms with E-state index >= 15 is 0 Å². The maximum atomic E-state index is 12.8. The Hall–Kier alpha value is -1.30. The Morgan fingerprint density at radius 1 is 1.17 bits per heavy atom. The van der Waals surface area contributed by atoms with Gasteiger partial charge in [-0.2, -0.15) is 0 Å². The fourth-order valence-electron chi connectivity index (χ4n) is 3.54. The van der Waals surface area contributed by atoms with E-state index in [1.165, 1.54) is 0 Å². The molecule has 2 rings (SSSR count). The second-order valence-corrected chi connectivity index (χ2v) is 8.57. The number of likely N-dealkylation sites (N-methyl/N-ethyl adjacent to an activating group) is 1. The number of carbonyl (C=O) groups is 2. The monoisotopic (exact) mass is 339 g/mol. The lowest BCUT2D eigenvalue weighted by Crippen LogP contribution is -2.64. The van der Waals surface area contributed by atoms with E-state index in [1.54, 1.807) is 0 Å². The van der Waals surface area contributed by atoms with Crippen LogP contribution in [0, 0.1) is 11.3 Å². The average molecular weight is 339 g/mol. The van der Waals surface area contributed by atoms with Crippen molar-refractivity contribution in [2.75, 3.05) is 32.7 Å². The number of alkyl carbamates (subject to hydrolysis) is 1. The minimum absolute atomic E-state index is 0.0155. The molecule has 1 saturated heterocycles. The Bertz CT molecular complexity index is 476. The van der Waals surface area contributed by atoms with Gasteiger partial charge in [0, 0.05) is 38.1 Å². The van der Waals surface area contributed by atoms with E-state index < -0.39 is 11.7 Å². The molecule has 6 nitrogen and oxygen atoms in total. The van der Waals surface area contributed by atoms with E-state index in [-0.39, 0.29) is 23.3 Å². The molecular formula is C18H33N3O3. The van der Waals surface area contributed by atoms with Gasteiger partial charge < -0.3 is 19.9 Å². The molecule has 2 fully saturated rings. The summed E-state index contributed by atoms with van der Waals surface area (Å²) in [5.41, 5.74) is -0.748. The van der Waals surface area contributed by atoms with E-state index in [4.69, 9.17) is 4.74 Å². The summed E-state index contributed by atoms with van der Waals surface area (Å²) in [6.45, 7) is 16.4. The quantitative estimate of drug-likeness (QED) is 0.855. The number of amides is 2. The topological polar surface area (TPSA) is 61.9 Å². The lowest BCUT2D eigenvalue weighted by Gasteiger charge is -2.52. The van der Waals surface area contributed by atoms with Crippen LogP contribution < -0.4 is 5.32 Å². The van der Waals surface area contributed by atoms with E-state index in [9.17, 15) is 9.59 Å². The Labute approximate surface area is 145 Å². The normalized spacial score (nSPS) is 27.3. The third-order valence-electron chi connectivity index (χ3n) is 5.39. The molecule has 1 aliphatic carbocycles. The first kappa shape index (κ1) is 19.0. The molecule has 0 aromatic carbocycles. The molecule has 2 amide bonds. The number of rotatable bonds is 3. The van der Waals surface area contributed by atoms with Crippen LogP contribution in [-0.2, 0) is 9.53 Å². The van der Waals surface area contributed by atoms with Gasteiger partial charge in [-0.3, -0.25) is 4.79 Å². The summed E-state index contributed by atoms with van der Waals surface area (Å²) in [6, 6.07) is -0.0155. The molecular weight excluding hydrogens is 306 g/mol. The smallest absolute Gasteiger partial charge is 0.407 e. The highest BCUT2D eigenvalue weighted by Gasteiger charge is 2.53. The molecule has 0 aromatic heterocycles. The molecule has 0 aromatic rings. The molecule has 1 aliphatic heterocycles. The average Bonchev–Trinajstić information content (AvgIpc) is 2.49. The minimum Gasteiger partial charge on any atom is -0.444 e. The van der Waals surface area contributed by atoms with Crippen LogP contribution in [0.4, 0.5) is 4.79 Å². The standard InChI is InChI=1S/C18H33N3O3/c1-7-20-8-10-21(11-9-20)15(22)13-12-14(18(13,5)6)19-16(23)24-17(2,3)4/h13-14H,7-12H2,1-6H3,(H,19,23)/t13-,14?/m1/s1. The molecule has 1 N–H and O–H groups in total. The first-order valence-corrected chi connectivity index (χ1v) is 9.05. The number of carbonyl (C=O) groups excluding carboxylic acids is 2. The number of hydrogen-bond donors (Lipinski definition) is 1. The molecule has 0 spiro atoms. The highest BCUT2D eigenvalue weighted by atomic mass is 16.6. The molecule has 1 heterocycles. The molecule has 0 bridgehead atoms. The van der Waals surface area contributed by atoms with Gasteiger partial charge in [-0.15, -0.1) is 0 Å². The second kappa shape index (κ2) is 6.90. The summed E-state index contributed by atoms with van der Waals surface area (Å²) in [6.07, 6.45) is 0.294. The number of nitrogens with one attached hydrogen (secondary N) is 1. The van der Waals surface area contributed by atoms with Crippen LogP contribution in [0.1, 0.15) is 48.0 Å². The highest BCUT2D eigenvalue weighted by Crippen LogP contribution is 2.47. The van der Waals surface area contributed by atoms with Crippen molar-refractivity contribution in [1.29, 1.82) is 0 Å². The predicted octanol–water partition coefficient (Wildman–Crippen LogP) is 2.09. The SMILES string of the molecule is CCN1CCN(C(=O)[C@H]2CC(NC(=O)OC(C)(C)C)C2(C)C)CC1. The van der Waals surface area contributed by atoms with Crippen molar-refractivity contribution in [1.82, 2.24) is 15.1 Å². The maximum absolute atomic E-state index is 12.8. The summed E-state index contributed by atoms with van der Waals surface area (Å²) in [7, 11) is 0. The Balaban J connectivity index is 1.87. The van der Waals surface area contributed by atoms with E-state index in [2.05, 4.69) is 31.0 Å². The third kappa shape index (κ3) is 4.21. The van der Waals surface area contributed by atoms with Crippen LogP contribution in [0.2, 0.25) is 0 Å². The molecule has 2 atom stereocenters. The molecule has 6 heteroatoms. The number of piperazine rings is 1. The molecule has 0 radical (unpaired) electrons. The van der Waals surface area contributed by atoms with Gasteiger partial charge in [0.1, 0.15) is 5.60 Å². The highest BCUT2D eigenvalue weighted by molar-refractivity contribution is 5.81. The maximum Gasteiger partial charge on any atom is 0.407 e. The fourth-order valence-corrected chi connectivity index (χ4v) is 3.54. The van der Waals surface area contributed by atoms with Gasteiger partial charge >= 0.3 is 6.09 Å². The van der Waals surface area contributed by atoms with Crippen LogP contribution in [0.3, 0.4) is 0 Å².